The zero-order valence-electron chi connectivity index (χ0n) is 15.0. The first-order chi connectivity index (χ1) is 14.1. The summed E-state index contributed by atoms with van der Waals surface area (Å²) in [7, 11) is 0.0187. The van der Waals surface area contributed by atoms with Gasteiger partial charge in [0.2, 0.25) is 0 Å². The number of benzene rings is 2. The molecule has 2 heterocycles. The highest BCUT2D eigenvalue weighted by molar-refractivity contribution is 7.86. The molecule has 0 amide bonds. The number of rotatable bonds is 5. The Morgan fingerprint density at radius 2 is 2.10 bits per heavy atom. The number of fused-ring (bicyclic) bond motifs is 1. The molecule has 2 aromatic heterocycles. The number of anilines is 1. The molecule has 1 unspecified atom stereocenters. The molecule has 0 aliphatic carbocycles. The first-order valence-corrected chi connectivity index (χ1v) is 9.89. The van der Waals surface area contributed by atoms with Gasteiger partial charge in [-0.05, 0) is 29.7 Å². The van der Waals surface area contributed by atoms with E-state index in [1.165, 1.54) is 13.4 Å². The van der Waals surface area contributed by atoms with Crippen molar-refractivity contribution in [2.24, 2.45) is 0 Å². The topological polar surface area (TPSA) is 101 Å². The number of halogens is 1. The molecule has 0 bridgehead atoms. The fraction of sp³-hybridized carbons (Fsp3) is 0.0500. The smallest absolute Gasteiger partial charge is 0.181 e. The Kier molecular flexibility index (Phi) is 5.16. The molecule has 9 heteroatoms. The van der Waals surface area contributed by atoms with Crippen LogP contribution in [0.3, 0.4) is 0 Å². The molecule has 29 heavy (non-hydrogen) atoms. The van der Waals surface area contributed by atoms with Gasteiger partial charge in [0.1, 0.15) is 18.1 Å². The molecule has 7 nitrogen and oxygen atoms in total. The van der Waals surface area contributed by atoms with Crippen molar-refractivity contribution in [2.45, 2.75) is 4.90 Å². The third-order valence-corrected chi connectivity index (χ3v) is 5.64. The maximum absolute atomic E-state index is 12.6. The zero-order chi connectivity index (χ0) is 20.4. The Morgan fingerprint density at radius 1 is 1.24 bits per heavy atom. The average molecular weight is 425 g/mol. The van der Waals surface area contributed by atoms with Gasteiger partial charge in [-0.2, -0.15) is 5.26 Å². The van der Waals surface area contributed by atoms with Gasteiger partial charge in [0.25, 0.3) is 0 Å². The van der Waals surface area contributed by atoms with E-state index in [9.17, 15) is 9.47 Å². The van der Waals surface area contributed by atoms with Crippen molar-refractivity contribution in [3.05, 3.63) is 65.5 Å². The first-order valence-electron chi connectivity index (χ1n) is 8.36. The summed E-state index contributed by atoms with van der Waals surface area (Å²) in [6.45, 7) is 0. The Hall–Kier alpha value is -3.41. The summed E-state index contributed by atoms with van der Waals surface area (Å²) < 4.78 is 25.5. The van der Waals surface area contributed by atoms with Crippen LogP contribution in [-0.2, 0) is 11.0 Å². The Balaban J connectivity index is 1.80. The van der Waals surface area contributed by atoms with Crippen molar-refractivity contribution >= 4 is 39.2 Å². The van der Waals surface area contributed by atoms with Crippen LogP contribution in [0.5, 0.6) is 5.75 Å². The van der Waals surface area contributed by atoms with Gasteiger partial charge in [0, 0.05) is 29.3 Å². The highest BCUT2D eigenvalue weighted by Crippen LogP contribution is 2.37. The molecule has 0 saturated carbocycles. The lowest BCUT2D eigenvalue weighted by Gasteiger charge is -2.12. The molecule has 1 N–H and O–H groups in total. The van der Waals surface area contributed by atoms with Crippen molar-refractivity contribution in [1.82, 2.24) is 10.1 Å². The van der Waals surface area contributed by atoms with E-state index in [2.05, 4.69) is 20.9 Å². The van der Waals surface area contributed by atoms with Crippen LogP contribution < -0.4 is 9.46 Å². The third kappa shape index (κ3) is 3.66. The molecule has 2 aromatic carbocycles. The van der Waals surface area contributed by atoms with E-state index in [1.54, 1.807) is 36.5 Å². The van der Waals surface area contributed by atoms with Gasteiger partial charge >= 0.3 is 0 Å². The molecule has 0 saturated heterocycles. The highest BCUT2D eigenvalue weighted by atomic mass is 35.5. The third-order valence-electron chi connectivity index (χ3n) is 4.25. The van der Waals surface area contributed by atoms with E-state index >= 15 is 0 Å². The highest BCUT2D eigenvalue weighted by Gasteiger charge is 2.16. The summed E-state index contributed by atoms with van der Waals surface area (Å²) in [6, 6.07) is 14.1. The SMILES string of the molecule is COc1cc(Cl)c(C#N)cc1-c1nccc2cc(S(=O)Nc3ccon3)ccc12. The van der Waals surface area contributed by atoms with Crippen molar-refractivity contribution in [1.29, 1.82) is 5.26 Å². The predicted molar refractivity (Wildman–Crippen MR) is 110 cm³/mol. The lowest BCUT2D eigenvalue weighted by atomic mass is 10.0. The van der Waals surface area contributed by atoms with E-state index in [4.69, 9.17) is 20.9 Å². The molecular formula is C20H13ClN4O3S. The van der Waals surface area contributed by atoms with Crippen molar-refractivity contribution in [3.63, 3.8) is 0 Å². The molecule has 1 atom stereocenters. The van der Waals surface area contributed by atoms with E-state index in [-0.39, 0.29) is 0 Å². The van der Waals surface area contributed by atoms with Crippen LogP contribution in [0.1, 0.15) is 5.56 Å². The molecule has 4 aromatic rings. The first kappa shape index (κ1) is 18.9. The second kappa shape index (κ2) is 7.91. The quantitative estimate of drug-likeness (QED) is 0.504. The molecule has 144 valence electrons. The standard InChI is InChI=1S/C20H13ClN4O3S/c1-27-18-10-17(21)13(11-22)9-16(18)20-15-3-2-14(8-12(15)4-6-23-20)29(26)25-19-5-7-28-24-19/h2-10H,1H3,(H,24,25). The Morgan fingerprint density at radius 3 is 2.83 bits per heavy atom. The lowest BCUT2D eigenvalue weighted by molar-refractivity contribution is 0.416. The minimum atomic E-state index is -1.51. The molecule has 0 aliphatic heterocycles. The van der Waals surface area contributed by atoms with E-state index in [1.807, 2.05) is 12.1 Å². The van der Waals surface area contributed by atoms with Crippen molar-refractivity contribution < 1.29 is 13.5 Å². The summed E-state index contributed by atoms with van der Waals surface area (Å²) in [6.07, 6.45) is 3.04. The number of hydrogen-bond acceptors (Lipinski definition) is 6. The van der Waals surface area contributed by atoms with E-state index in [0.717, 1.165) is 10.8 Å². The minimum Gasteiger partial charge on any atom is -0.496 e. The van der Waals surface area contributed by atoms with E-state index < -0.39 is 11.0 Å². The normalized spacial score (nSPS) is 11.8. The monoisotopic (exact) mass is 424 g/mol. The molecular weight excluding hydrogens is 412 g/mol. The number of pyridine rings is 1. The summed E-state index contributed by atoms with van der Waals surface area (Å²) in [5.41, 5.74) is 1.61. The predicted octanol–water partition coefficient (Wildman–Crippen LogP) is 4.56. The van der Waals surface area contributed by atoms with Gasteiger partial charge < -0.3 is 9.26 Å². The second-order valence-corrected chi connectivity index (χ2v) is 7.56. The number of nitrogens with one attached hydrogen (secondary N) is 1. The Labute approximate surface area is 173 Å². The number of ether oxygens (including phenoxy) is 1. The average Bonchev–Trinajstić information content (AvgIpc) is 3.25. The van der Waals surface area contributed by atoms with Gasteiger partial charge in [0.05, 0.1) is 28.3 Å². The molecule has 4 rings (SSSR count). The van der Waals surface area contributed by atoms with Gasteiger partial charge in [-0.1, -0.05) is 22.8 Å². The number of aromatic nitrogens is 2. The van der Waals surface area contributed by atoms with Crippen molar-refractivity contribution in [3.8, 4) is 23.1 Å². The summed E-state index contributed by atoms with van der Waals surface area (Å²) in [4.78, 5) is 5.05. The molecule has 0 spiro atoms. The fourth-order valence-electron chi connectivity index (χ4n) is 2.90. The van der Waals surface area contributed by atoms with Crippen LogP contribution in [0.25, 0.3) is 22.0 Å². The summed E-state index contributed by atoms with van der Waals surface area (Å²) in [5, 5.41) is 15.0. The number of methoxy groups -OCH3 is 1. The van der Waals surface area contributed by atoms with Crippen LogP contribution >= 0.6 is 11.6 Å². The zero-order valence-corrected chi connectivity index (χ0v) is 16.6. The maximum Gasteiger partial charge on any atom is 0.181 e. The van der Waals surface area contributed by atoms with Gasteiger partial charge in [-0.15, -0.1) is 0 Å². The molecule has 0 aliphatic rings. The second-order valence-electron chi connectivity index (χ2n) is 5.94. The van der Waals surface area contributed by atoms with Crippen LogP contribution in [0.15, 0.2) is 64.3 Å². The largest absolute Gasteiger partial charge is 0.496 e. The van der Waals surface area contributed by atoms with Crippen LogP contribution in [0, 0.1) is 11.3 Å². The number of nitrogens with zero attached hydrogens (tertiary/aromatic N) is 3. The molecule has 0 fully saturated rings. The summed E-state index contributed by atoms with van der Waals surface area (Å²) >= 11 is 6.12. The van der Waals surface area contributed by atoms with Crippen molar-refractivity contribution in [2.75, 3.05) is 11.8 Å². The molecule has 0 radical (unpaired) electrons. The number of hydrogen-bond donors (Lipinski definition) is 1. The summed E-state index contributed by atoms with van der Waals surface area (Å²) in [5.74, 6) is 0.892. The minimum absolute atomic E-state index is 0.310. The van der Waals surface area contributed by atoms with Gasteiger partial charge in [-0.25, -0.2) is 4.21 Å². The van der Waals surface area contributed by atoms with Gasteiger partial charge in [0.15, 0.2) is 16.8 Å². The fourth-order valence-corrected chi connectivity index (χ4v) is 3.93. The number of nitriles is 1. The van der Waals surface area contributed by atoms with Crippen LogP contribution in [-0.4, -0.2) is 21.5 Å². The van der Waals surface area contributed by atoms with Crippen LogP contribution in [0.4, 0.5) is 5.82 Å². The lowest BCUT2D eigenvalue weighted by Crippen LogP contribution is -2.04. The maximum atomic E-state index is 12.6. The van der Waals surface area contributed by atoms with E-state index in [0.29, 0.717) is 38.3 Å². The Bertz CT molecular complexity index is 1270. The van der Waals surface area contributed by atoms with Crippen LogP contribution in [0.2, 0.25) is 5.02 Å². The van der Waals surface area contributed by atoms with Gasteiger partial charge in [-0.3, -0.25) is 9.71 Å².